The molecule has 1 aromatic heterocycles. The van der Waals surface area contributed by atoms with Gasteiger partial charge in [-0.15, -0.1) is 0 Å². The number of nitrogens with zero attached hydrogens (tertiary/aromatic N) is 2. The Labute approximate surface area is 102 Å². The second kappa shape index (κ2) is 5.00. The van der Waals surface area contributed by atoms with Gasteiger partial charge in [0.1, 0.15) is 11.3 Å². The molecule has 2 rings (SSSR count). The Morgan fingerprint density at radius 1 is 1.41 bits per heavy atom. The van der Waals surface area contributed by atoms with Gasteiger partial charge >= 0.3 is 0 Å². The summed E-state index contributed by atoms with van der Waals surface area (Å²) in [6.07, 6.45) is 8.19. The van der Waals surface area contributed by atoms with Gasteiger partial charge in [0.15, 0.2) is 0 Å². The maximum absolute atomic E-state index is 10.9. The van der Waals surface area contributed by atoms with Crippen LogP contribution in [0.5, 0.6) is 5.88 Å². The van der Waals surface area contributed by atoms with Gasteiger partial charge in [0.2, 0.25) is 5.88 Å². The number of ether oxygens (including phenoxy) is 1. The Morgan fingerprint density at radius 2 is 2.18 bits per heavy atom. The average Bonchev–Trinajstić information content (AvgIpc) is 2.39. The first-order valence-corrected chi connectivity index (χ1v) is 6.30. The lowest BCUT2D eigenvalue weighted by molar-refractivity contribution is -0.0612. The maximum atomic E-state index is 10.9. The van der Waals surface area contributed by atoms with Crippen molar-refractivity contribution in [3.8, 4) is 5.88 Å². The predicted octanol–water partition coefficient (Wildman–Crippen LogP) is 2.27. The number of aliphatic hydroxyl groups is 1. The summed E-state index contributed by atoms with van der Waals surface area (Å²) in [7, 11) is 1.57. The van der Waals surface area contributed by atoms with E-state index in [0.29, 0.717) is 11.6 Å². The van der Waals surface area contributed by atoms with E-state index >= 15 is 0 Å². The zero-order chi connectivity index (χ0) is 12.3. The van der Waals surface area contributed by atoms with Gasteiger partial charge in [0.25, 0.3) is 0 Å². The lowest BCUT2D eigenvalue weighted by atomic mass is 9.72. The molecular formula is C13H20N2O2. The summed E-state index contributed by atoms with van der Waals surface area (Å²) in [5, 5.41) is 10.9. The topological polar surface area (TPSA) is 55.2 Å². The highest BCUT2D eigenvalue weighted by molar-refractivity contribution is 5.25. The number of aromatic nitrogens is 2. The molecule has 17 heavy (non-hydrogen) atoms. The molecule has 1 heterocycles. The molecular weight excluding hydrogens is 216 g/mol. The second-order valence-electron chi connectivity index (χ2n) is 4.69. The Hall–Kier alpha value is -1.16. The number of hydrogen-bond acceptors (Lipinski definition) is 4. The fourth-order valence-corrected chi connectivity index (χ4v) is 2.85. The van der Waals surface area contributed by atoms with E-state index in [1.807, 2.05) is 0 Å². The molecule has 0 aromatic carbocycles. The molecule has 0 aliphatic heterocycles. The van der Waals surface area contributed by atoms with Crippen LogP contribution in [-0.2, 0) is 5.60 Å². The minimum atomic E-state index is -0.868. The molecule has 1 aliphatic carbocycles. The number of methoxy groups -OCH3 is 1. The van der Waals surface area contributed by atoms with E-state index in [1.54, 1.807) is 19.5 Å². The van der Waals surface area contributed by atoms with Gasteiger partial charge in [0, 0.05) is 12.4 Å². The summed E-state index contributed by atoms with van der Waals surface area (Å²) < 4.78 is 5.22. The van der Waals surface area contributed by atoms with Crippen molar-refractivity contribution >= 4 is 0 Å². The van der Waals surface area contributed by atoms with Crippen molar-refractivity contribution in [1.82, 2.24) is 9.97 Å². The van der Waals surface area contributed by atoms with Gasteiger partial charge in [-0.1, -0.05) is 26.2 Å². The van der Waals surface area contributed by atoms with Crippen molar-refractivity contribution in [2.24, 2.45) is 5.92 Å². The highest BCUT2D eigenvalue weighted by Gasteiger charge is 2.42. The Kier molecular flexibility index (Phi) is 3.62. The normalized spacial score (nSPS) is 29.0. The number of rotatable bonds is 3. The van der Waals surface area contributed by atoms with Crippen molar-refractivity contribution < 1.29 is 9.84 Å². The molecule has 1 N–H and O–H groups in total. The molecule has 0 spiro atoms. The number of hydrogen-bond donors (Lipinski definition) is 1. The van der Waals surface area contributed by atoms with Crippen molar-refractivity contribution in [1.29, 1.82) is 0 Å². The third-order valence-corrected chi connectivity index (χ3v) is 3.80. The van der Waals surface area contributed by atoms with Crippen LogP contribution in [0.25, 0.3) is 0 Å². The van der Waals surface area contributed by atoms with Gasteiger partial charge in [-0.25, -0.2) is 4.98 Å². The van der Waals surface area contributed by atoms with Crippen LogP contribution in [0.1, 0.15) is 44.7 Å². The van der Waals surface area contributed by atoms with E-state index in [4.69, 9.17) is 4.74 Å². The Bertz CT molecular complexity index is 383. The summed E-state index contributed by atoms with van der Waals surface area (Å²) >= 11 is 0. The molecule has 0 radical (unpaired) electrons. The van der Waals surface area contributed by atoms with Gasteiger partial charge < -0.3 is 9.84 Å². The van der Waals surface area contributed by atoms with Crippen LogP contribution in [0.3, 0.4) is 0 Å². The van der Waals surface area contributed by atoms with Crippen molar-refractivity contribution in [3.05, 3.63) is 18.1 Å². The van der Waals surface area contributed by atoms with Crippen LogP contribution in [-0.4, -0.2) is 22.2 Å². The molecule has 2 atom stereocenters. The summed E-state index contributed by atoms with van der Waals surface area (Å²) in [6.45, 7) is 2.11. The molecule has 2 unspecified atom stereocenters. The van der Waals surface area contributed by atoms with E-state index in [2.05, 4.69) is 16.9 Å². The molecule has 1 aliphatic rings. The van der Waals surface area contributed by atoms with Crippen molar-refractivity contribution in [2.75, 3.05) is 7.11 Å². The molecule has 0 bridgehead atoms. The molecule has 1 aromatic rings. The first-order valence-electron chi connectivity index (χ1n) is 6.30. The van der Waals surface area contributed by atoms with E-state index < -0.39 is 5.60 Å². The molecule has 1 saturated carbocycles. The van der Waals surface area contributed by atoms with E-state index in [0.717, 1.165) is 25.7 Å². The SMILES string of the molecule is CCC1CCCCC1(O)c1nccnc1OC. The van der Waals surface area contributed by atoms with Gasteiger partial charge in [-0.05, 0) is 18.8 Å². The summed E-state index contributed by atoms with van der Waals surface area (Å²) in [6, 6.07) is 0. The molecule has 4 heteroatoms. The fourth-order valence-electron chi connectivity index (χ4n) is 2.85. The second-order valence-corrected chi connectivity index (χ2v) is 4.69. The first-order chi connectivity index (χ1) is 8.22. The lowest BCUT2D eigenvalue weighted by Gasteiger charge is -2.39. The van der Waals surface area contributed by atoms with Crippen LogP contribution in [0.4, 0.5) is 0 Å². The quantitative estimate of drug-likeness (QED) is 0.874. The largest absolute Gasteiger partial charge is 0.480 e. The van der Waals surface area contributed by atoms with Crippen LogP contribution in [0, 0.1) is 5.92 Å². The molecule has 1 fully saturated rings. The molecule has 0 saturated heterocycles. The fraction of sp³-hybridized carbons (Fsp3) is 0.692. The predicted molar refractivity (Wildman–Crippen MR) is 64.7 cm³/mol. The van der Waals surface area contributed by atoms with Gasteiger partial charge in [0.05, 0.1) is 7.11 Å². The smallest absolute Gasteiger partial charge is 0.238 e. The average molecular weight is 236 g/mol. The lowest BCUT2D eigenvalue weighted by Crippen LogP contribution is -2.39. The minimum Gasteiger partial charge on any atom is -0.480 e. The van der Waals surface area contributed by atoms with Crippen molar-refractivity contribution in [2.45, 2.75) is 44.6 Å². The highest BCUT2D eigenvalue weighted by Crippen LogP contribution is 2.44. The zero-order valence-electron chi connectivity index (χ0n) is 10.5. The third kappa shape index (κ3) is 2.14. The van der Waals surface area contributed by atoms with Crippen LogP contribution in [0.15, 0.2) is 12.4 Å². The van der Waals surface area contributed by atoms with Crippen LogP contribution >= 0.6 is 0 Å². The van der Waals surface area contributed by atoms with Crippen LogP contribution < -0.4 is 4.74 Å². The summed E-state index contributed by atoms with van der Waals surface area (Å²) in [5.41, 5.74) is -0.263. The standard InChI is InChI=1S/C13H20N2O2/c1-3-10-6-4-5-7-13(10,16)11-12(17-2)15-9-8-14-11/h8-10,16H,3-7H2,1-2H3. The monoisotopic (exact) mass is 236 g/mol. The summed E-state index contributed by atoms with van der Waals surface area (Å²) in [4.78, 5) is 8.45. The van der Waals surface area contributed by atoms with Crippen molar-refractivity contribution in [3.63, 3.8) is 0 Å². The van der Waals surface area contributed by atoms with Gasteiger partial charge in [-0.2, -0.15) is 0 Å². The van der Waals surface area contributed by atoms with E-state index in [-0.39, 0.29) is 5.92 Å². The Morgan fingerprint density at radius 3 is 2.88 bits per heavy atom. The summed E-state index contributed by atoms with van der Waals surface area (Å²) in [5.74, 6) is 0.706. The zero-order valence-corrected chi connectivity index (χ0v) is 10.5. The van der Waals surface area contributed by atoms with Gasteiger partial charge in [-0.3, -0.25) is 4.98 Å². The molecule has 4 nitrogen and oxygen atoms in total. The third-order valence-electron chi connectivity index (χ3n) is 3.80. The maximum Gasteiger partial charge on any atom is 0.238 e. The molecule has 0 amide bonds. The van der Waals surface area contributed by atoms with E-state index in [1.165, 1.54) is 6.42 Å². The Balaban J connectivity index is 2.41. The minimum absolute atomic E-state index is 0.252. The van der Waals surface area contributed by atoms with Crippen LogP contribution in [0.2, 0.25) is 0 Å². The highest BCUT2D eigenvalue weighted by atomic mass is 16.5. The van der Waals surface area contributed by atoms with E-state index in [9.17, 15) is 5.11 Å². The molecule has 94 valence electrons. The first kappa shape index (κ1) is 12.3.